The zero-order valence-corrected chi connectivity index (χ0v) is 14.0. The zero-order chi connectivity index (χ0) is 14.7. The molecule has 1 unspecified atom stereocenters. The molecule has 0 spiro atoms. The summed E-state index contributed by atoms with van der Waals surface area (Å²) in [6.45, 7) is 5.97. The van der Waals surface area contributed by atoms with Gasteiger partial charge in [-0.2, -0.15) is 0 Å². The van der Waals surface area contributed by atoms with Gasteiger partial charge in [0.1, 0.15) is 0 Å². The summed E-state index contributed by atoms with van der Waals surface area (Å²) >= 11 is 1.43. The molecular formula is C15H20ClN3OS. The number of nitrogens with two attached hydrogens (primary N) is 1. The normalized spacial score (nSPS) is 11.6. The summed E-state index contributed by atoms with van der Waals surface area (Å²) in [6, 6.07) is 6.09. The Bertz CT molecular complexity index is 625. The monoisotopic (exact) mass is 325 g/mol. The minimum atomic E-state index is -0.144. The highest BCUT2D eigenvalue weighted by Crippen LogP contribution is 2.26. The fourth-order valence-electron chi connectivity index (χ4n) is 1.83. The van der Waals surface area contributed by atoms with E-state index in [9.17, 15) is 4.79 Å². The van der Waals surface area contributed by atoms with Gasteiger partial charge >= 0.3 is 0 Å². The molecule has 1 aromatic carbocycles. The number of aryl methyl sites for hydroxylation is 2. The van der Waals surface area contributed by atoms with Gasteiger partial charge < -0.3 is 11.1 Å². The lowest BCUT2D eigenvalue weighted by Crippen LogP contribution is -2.23. The van der Waals surface area contributed by atoms with E-state index < -0.39 is 0 Å². The lowest BCUT2D eigenvalue weighted by molar-refractivity contribution is -0.116. The summed E-state index contributed by atoms with van der Waals surface area (Å²) < 4.78 is 0. The summed E-state index contributed by atoms with van der Waals surface area (Å²) in [6.07, 6.45) is 0.304. The third-order valence-electron chi connectivity index (χ3n) is 3.06. The lowest BCUT2D eigenvalue weighted by Gasteiger charge is -2.04. The molecule has 1 atom stereocenters. The van der Waals surface area contributed by atoms with Crippen LogP contribution in [0.15, 0.2) is 23.6 Å². The van der Waals surface area contributed by atoms with Crippen molar-refractivity contribution in [1.82, 2.24) is 4.98 Å². The van der Waals surface area contributed by atoms with Crippen molar-refractivity contribution >= 4 is 34.8 Å². The molecule has 21 heavy (non-hydrogen) atoms. The number of hydrogen-bond donors (Lipinski definition) is 2. The molecule has 0 aliphatic rings. The van der Waals surface area contributed by atoms with Gasteiger partial charge in [0, 0.05) is 23.4 Å². The van der Waals surface area contributed by atoms with E-state index in [-0.39, 0.29) is 24.4 Å². The highest BCUT2D eigenvalue weighted by molar-refractivity contribution is 7.14. The van der Waals surface area contributed by atoms with Crippen LogP contribution < -0.4 is 11.1 Å². The highest BCUT2D eigenvalue weighted by Gasteiger charge is 2.10. The summed E-state index contributed by atoms with van der Waals surface area (Å²) in [7, 11) is 0. The predicted octanol–water partition coefficient (Wildman–Crippen LogP) is 3.52. The summed E-state index contributed by atoms with van der Waals surface area (Å²) in [4.78, 5) is 16.1. The van der Waals surface area contributed by atoms with Crippen LogP contribution in [-0.2, 0) is 4.79 Å². The second-order valence-electron chi connectivity index (χ2n) is 5.07. The molecule has 0 fully saturated rings. The average molecular weight is 326 g/mol. The van der Waals surface area contributed by atoms with Crippen molar-refractivity contribution in [3.8, 4) is 11.3 Å². The van der Waals surface area contributed by atoms with Crippen LogP contribution in [0, 0.1) is 13.8 Å². The maximum Gasteiger partial charge on any atom is 0.227 e. The third-order valence-corrected chi connectivity index (χ3v) is 3.82. The molecule has 114 valence electrons. The molecule has 3 N–H and O–H groups in total. The molecule has 0 saturated carbocycles. The first kappa shape index (κ1) is 17.6. The molecule has 0 aliphatic heterocycles. The van der Waals surface area contributed by atoms with E-state index in [2.05, 4.69) is 36.3 Å². The molecule has 1 amide bonds. The van der Waals surface area contributed by atoms with Crippen LogP contribution in [0.2, 0.25) is 0 Å². The fraction of sp³-hybridized carbons (Fsp3) is 0.333. The smallest absolute Gasteiger partial charge is 0.227 e. The van der Waals surface area contributed by atoms with Gasteiger partial charge in [0.2, 0.25) is 5.91 Å². The van der Waals surface area contributed by atoms with Gasteiger partial charge in [0.25, 0.3) is 0 Å². The fourth-order valence-corrected chi connectivity index (χ4v) is 2.56. The molecule has 2 rings (SSSR count). The quantitative estimate of drug-likeness (QED) is 0.903. The number of halogens is 1. The molecule has 6 heteroatoms. The molecule has 0 radical (unpaired) electrons. The van der Waals surface area contributed by atoms with E-state index >= 15 is 0 Å². The zero-order valence-electron chi connectivity index (χ0n) is 12.3. The number of nitrogens with zero attached hydrogens (tertiary/aromatic N) is 1. The molecule has 1 heterocycles. The van der Waals surface area contributed by atoms with Crippen molar-refractivity contribution in [3.05, 3.63) is 34.7 Å². The predicted molar refractivity (Wildman–Crippen MR) is 91.2 cm³/mol. The van der Waals surface area contributed by atoms with Crippen LogP contribution >= 0.6 is 23.7 Å². The number of carbonyl (C=O) groups is 1. The molecular weight excluding hydrogens is 306 g/mol. The standard InChI is InChI=1S/C15H19N3OS.ClH/c1-9-4-5-12(6-10(9)2)13-8-20-15(17-13)18-14(19)7-11(3)16;/h4-6,8,11H,7,16H2,1-3H3,(H,17,18,19);1H. The highest BCUT2D eigenvalue weighted by atomic mass is 35.5. The molecule has 0 saturated heterocycles. The van der Waals surface area contributed by atoms with Crippen LogP contribution in [0.25, 0.3) is 11.3 Å². The van der Waals surface area contributed by atoms with E-state index in [1.165, 1.54) is 22.5 Å². The Morgan fingerprint density at radius 1 is 1.38 bits per heavy atom. The van der Waals surface area contributed by atoms with Gasteiger partial charge in [-0.3, -0.25) is 4.79 Å². The number of hydrogen-bond acceptors (Lipinski definition) is 4. The van der Waals surface area contributed by atoms with Crippen LogP contribution in [0.5, 0.6) is 0 Å². The van der Waals surface area contributed by atoms with E-state index in [0.29, 0.717) is 11.6 Å². The van der Waals surface area contributed by atoms with Gasteiger partial charge in [0.15, 0.2) is 5.13 Å². The Balaban J connectivity index is 0.00000220. The maximum absolute atomic E-state index is 11.6. The molecule has 0 aliphatic carbocycles. The first-order valence-electron chi connectivity index (χ1n) is 6.54. The summed E-state index contributed by atoms with van der Waals surface area (Å²) in [5, 5.41) is 5.34. The van der Waals surface area contributed by atoms with Crippen molar-refractivity contribution in [3.63, 3.8) is 0 Å². The van der Waals surface area contributed by atoms with Gasteiger partial charge in [-0.1, -0.05) is 12.1 Å². The van der Waals surface area contributed by atoms with Gasteiger partial charge in [-0.15, -0.1) is 23.7 Å². The molecule has 1 aromatic heterocycles. The van der Waals surface area contributed by atoms with Crippen molar-refractivity contribution in [2.24, 2.45) is 5.73 Å². The summed E-state index contributed by atoms with van der Waals surface area (Å²) in [5.74, 6) is -0.0963. The van der Waals surface area contributed by atoms with E-state index in [1.807, 2.05) is 18.4 Å². The first-order chi connectivity index (χ1) is 9.45. The number of benzene rings is 1. The van der Waals surface area contributed by atoms with Crippen LogP contribution in [0.1, 0.15) is 24.5 Å². The first-order valence-corrected chi connectivity index (χ1v) is 7.42. The Morgan fingerprint density at radius 2 is 2.10 bits per heavy atom. The van der Waals surface area contributed by atoms with Crippen molar-refractivity contribution in [2.45, 2.75) is 33.2 Å². The van der Waals surface area contributed by atoms with E-state index in [4.69, 9.17) is 5.73 Å². The van der Waals surface area contributed by atoms with Gasteiger partial charge in [0.05, 0.1) is 5.69 Å². The maximum atomic E-state index is 11.6. The molecule has 0 bridgehead atoms. The number of anilines is 1. The minimum Gasteiger partial charge on any atom is -0.327 e. The van der Waals surface area contributed by atoms with Crippen molar-refractivity contribution < 1.29 is 4.79 Å². The summed E-state index contributed by atoms with van der Waals surface area (Å²) in [5.41, 5.74) is 10.0. The van der Waals surface area contributed by atoms with Crippen LogP contribution in [0.3, 0.4) is 0 Å². The van der Waals surface area contributed by atoms with Crippen LogP contribution in [-0.4, -0.2) is 16.9 Å². The van der Waals surface area contributed by atoms with Crippen molar-refractivity contribution in [1.29, 1.82) is 0 Å². The molecule has 2 aromatic rings. The largest absolute Gasteiger partial charge is 0.327 e. The second-order valence-corrected chi connectivity index (χ2v) is 5.92. The average Bonchev–Trinajstić information content (AvgIpc) is 2.80. The van der Waals surface area contributed by atoms with Crippen molar-refractivity contribution in [2.75, 3.05) is 5.32 Å². The number of carbonyl (C=O) groups excluding carboxylic acids is 1. The Morgan fingerprint density at radius 3 is 2.71 bits per heavy atom. The second kappa shape index (κ2) is 7.54. The Hall–Kier alpha value is -1.43. The van der Waals surface area contributed by atoms with Gasteiger partial charge in [-0.25, -0.2) is 4.98 Å². The number of rotatable bonds is 4. The Labute approximate surface area is 135 Å². The van der Waals surface area contributed by atoms with Gasteiger partial charge in [-0.05, 0) is 38.0 Å². The lowest BCUT2D eigenvalue weighted by atomic mass is 10.1. The Kier molecular flexibility index (Phi) is 6.33. The van der Waals surface area contributed by atoms with E-state index in [0.717, 1.165) is 11.3 Å². The number of aromatic nitrogens is 1. The topological polar surface area (TPSA) is 68.0 Å². The van der Waals surface area contributed by atoms with Crippen LogP contribution in [0.4, 0.5) is 5.13 Å². The minimum absolute atomic E-state index is 0. The SMILES string of the molecule is Cc1ccc(-c2csc(NC(=O)CC(C)N)n2)cc1C.Cl. The third kappa shape index (κ3) is 4.81. The number of amides is 1. The number of nitrogens with one attached hydrogen (secondary N) is 1. The number of thiazole rings is 1. The molecule has 4 nitrogen and oxygen atoms in total. The van der Waals surface area contributed by atoms with E-state index in [1.54, 1.807) is 0 Å².